The number of nitrogens with one attached hydrogen (secondary N) is 1. The van der Waals surface area contributed by atoms with Gasteiger partial charge in [0.25, 0.3) is 0 Å². The summed E-state index contributed by atoms with van der Waals surface area (Å²) in [6.45, 7) is 0.628. The molecule has 0 spiro atoms. The minimum atomic E-state index is -0.757. The van der Waals surface area contributed by atoms with E-state index in [-0.39, 0.29) is 6.42 Å². The van der Waals surface area contributed by atoms with E-state index in [2.05, 4.69) is 15.3 Å². The van der Waals surface area contributed by atoms with Gasteiger partial charge in [-0.1, -0.05) is 0 Å². The number of rotatable bonds is 5. The molecule has 0 aliphatic heterocycles. The second-order valence-corrected chi connectivity index (χ2v) is 6.12. The lowest BCUT2D eigenvalue weighted by Crippen LogP contribution is -2.07. The third kappa shape index (κ3) is 2.60. The van der Waals surface area contributed by atoms with E-state index in [1.165, 1.54) is 23.3 Å². The van der Waals surface area contributed by atoms with Crippen molar-refractivity contribution < 1.29 is 9.90 Å². The van der Waals surface area contributed by atoms with Crippen LogP contribution in [0.3, 0.4) is 0 Å². The largest absolute Gasteiger partial charge is 0.481 e. The summed E-state index contributed by atoms with van der Waals surface area (Å²) in [5.74, 6) is 0.104. The number of aryl methyl sites for hydroxylation is 2. The third-order valence-corrected chi connectivity index (χ3v) is 4.81. The molecular formula is C14H17N3O2S. The van der Waals surface area contributed by atoms with Crippen molar-refractivity contribution >= 4 is 33.3 Å². The Morgan fingerprint density at radius 3 is 3.05 bits per heavy atom. The summed E-state index contributed by atoms with van der Waals surface area (Å²) in [4.78, 5) is 21.7. The lowest BCUT2D eigenvalue weighted by Gasteiger charge is -2.12. The van der Waals surface area contributed by atoms with Crippen molar-refractivity contribution in [3.8, 4) is 0 Å². The van der Waals surface area contributed by atoms with Crippen LogP contribution < -0.4 is 5.32 Å². The zero-order valence-corrected chi connectivity index (χ0v) is 12.0. The number of anilines is 1. The van der Waals surface area contributed by atoms with Crippen molar-refractivity contribution in [2.75, 3.05) is 11.9 Å². The summed E-state index contributed by atoms with van der Waals surface area (Å²) < 4.78 is 0. The second-order valence-electron chi connectivity index (χ2n) is 5.04. The van der Waals surface area contributed by atoms with Crippen molar-refractivity contribution in [2.24, 2.45) is 0 Å². The molecule has 5 nitrogen and oxygen atoms in total. The Bertz CT molecular complexity index is 639. The first-order valence-electron chi connectivity index (χ1n) is 6.96. The lowest BCUT2D eigenvalue weighted by atomic mass is 9.97. The summed E-state index contributed by atoms with van der Waals surface area (Å²) in [6, 6.07) is 0. The quantitative estimate of drug-likeness (QED) is 0.828. The standard InChI is InChI=1S/C14H17N3O2S/c18-11(19)6-3-7-15-13-12-9-4-1-2-5-10(9)20-14(12)17-8-16-13/h8H,1-7H2,(H,18,19)(H,15,16,17). The van der Waals surface area contributed by atoms with Gasteiger partial charge < -0.3 is 10.4 Å². The Morgan fingerprint density at radius 1 is 1.35 bits per heavy atom. The minimum absolute atomic E-state index is 0.184. The first-order chi connectivity index (χ1) is 9.75. The van der Waals surface area contributed by atoms with Crippen molar-refractivity contribution in [3.63, 3.8) is 0 Å². The van der Waals surface area contributed by atoms with Gasteiger partial charge in [-0.15, -0.1) is 11.3 Å². The van der Waals surface area contributed by atoms with Crippen LogP contribution in [0.4, 0.5) is 5.82 Å². The van der Waals surface area contributed by atoms with E-state index in [0.29, 0.717) is 13.0 Å². The van der Waals surface area contributed by atoms with Gasteiger partial charge in [0.1, 0.15) is 17.0 Å². The summed E-state index contributed by atoms with van der Waals surface area (Å²) in [7, 11) is 0. The highest BCUT2D eigenvalue weighted by Gasteiger charge is 2.19. The van der Waals surface area contributed by atoms with E-state index in [0.717, 1.165) is 28.9 Å². The van der Waals surface area contributed by atoms with E-state index in [1.807, 2.05) is 0 Å². The first kappa shape index (κ1) is 13.3. The van der Waals surface area contributed by atoms with Crippen LogP contribution >= 0.6 is 11.3 Å². The van der Waals surface area contributed by atoms with Gasteiger partial charge in [0.15, 0.2) is 0 Å². The summed E-state index contributed by atoms with van der Waals surface area (Å²) in [6.07, 6.45) is 7.11. The molecule has 2 N–H and O–H groups in total. The highest BCUT2D eigenvalue weighted by atomic mass is 32.1. The third-order valence-electron chi connectivity index (χ3n) is 3.61. The molecule has 20 heavy (non-hydrogen) atoms. The van der Waals surface area contributed by atoms with Gasteiger partial charge in [-0.25, -0.2) is 9.97 Å². The van der Waals surface area contributed by atoms with Crippen molar-refractivity contribution in [1.29, 1.82) is 0 Å². The van der Waals surface area contributed by atoms with Crippen molar-refractivity contribution in [3.05, 3.63) is 16.8 Å². The summed E-state index contributed by atoms with van der Waals surface area (Å²) >= 11 is 1.77. The Balaban J connectivity index is 1.83. The fourth-order valence-corrected chi connectivity index (χ4v) is 3.90. The monoisotopic (exact) mass is 291 g/mol. The molecule has 0 aromatic carbocycles. The fraction of sp³-hybridized carbons (Fsp3) is 0.500. The number of fused-ring (bicyclic) bond motifs is 3. The average Bonchev–Trinajstić information content (AvgIpc) is 2.82. The van der Waals surface area contributed by atoms with Crippen LogP contribution in [0.25, 0.3) is 10.2 Å². The van der Waals surface area contributed by atoms with E-state index in [4.69, 9.17) is 5.11 Å². The zero-order chi connectivity index (χ0) is 13.9. The van der Waals surface area contributed by atoms with Gasteiger partial charge in [-0.2, -0.15) is 0 Å². The van der Waals surface area contributed by atoms with Gasteiger partial charge in [0.2, 0.25) is 0 Å². The number of hydrogen-bond acceptors (Lipinski definition) is 5. The predicted octanol–water partition coefficient (Wildman–Crippen LogP) is 2.85. The molecule has 2 aromatic heterocycles. The molecular weight excluding hydrogens is 274 g/mol. The summed E-state index contributed by atoms with van der Waals surface area (Å²) in [5.41, 5.74) is 1.40. The van der Waals surface area contributed by atoms with E-state index in [9.17, 15) is 4.79 Å². The molecule has 0 unspecified atom stereocenters. The molecule has 1 aliphatic carbocycles. The Kier molecular flexibility index (Phi) is 3.82. The molecule has 2 heterocycles. The maximum atomic E-state index is 10.5. The van der Waals surface area contributed by atoms with Crippen LogP contribution in [-0.2, 0) is 17.6 Å². The highest BCUT2D eigenvalue weighted by molar-refractivity contribution is 7.19. The number of carboxylic acid groups (broad SMARTS) is 1. The number of hydrogen-bond donors (Lipinski definition) is 2. The molecule has 2 aromatic rings. The number of aromatic nitrogens is 2. The molecule has 0 amide bonds. The number of thiophene rings is 1. The van der Waals surface area contributed by atoms with Gasteiger partial charge in [0.05, 0.1) is 5.39 Å². The molecule has 6 heteroatoms. The van der Waals surface area contributed by atoms with Crippen LogP contribution in [0.2, 0.25) is 0 Å². The maximum absolute atomic E-state index is 10.5. The lowest BCUT2D eigenvalue weighted by molar-refractivity contribution is -0.137. The maximum Gasteiger partial charge on any atom is 0.303 e. The molecule has 0 radical (unpaired) electrons. The van der Waals surface area contributed by atoms with Crippen molar-refractivity contribution in [2.45, 2.75) is 38.5 Å². The molecule has 0 saturated carbocycles. The molecule has 106 valence electrons. The van der Waals surface area contributed by atoms with Gasteiger partial charge >= 0.3 is 5.97 Å². The predicted molar refractivity (Wildman–Crippen MR) is 79.4 cm³/mol. The van der Waals surface area contributed by atoms with Crippen molar-refractivity contribution in [1.82, 2.24) is 9.97 Å². The van der Waals surface area contributed by atoms with E-state index < -0.39 is 5.97 Å². The molecule has 0 saturated heterocycles. The molecule has 1 aliphatic rings. The smallest absolute Gasteiger partial charge is 0.303 e. The van der Waals surface area contributed by atoms with Crippen LogP contribution in [0.5, 0.6) is 0 Å². The topological polar surface area (TPSA) is 75.1 Å². The fourth-order valence-electron chi connectivity index (χ4n) is 2.67. The van der Waals surface area contributed by atoms with Gasteiger partial charge in [-0.3, -0.25) is 4.79 Å². The Labute approximate surface area is 121 Å². The van der Waals surface area contributed by atoms with Gasteiger partial charge in [-0.05, 0) is 37.7 Å². The average molecular weight is 291 g/mol. The van der Waals surface area contributed by atoms with Crippen LogP contribution in [0, 0.1) is 0 Å². The molecule has 3 rings (SSSR count). The molecule has 0 fully saturated rings. The Hall–Kier alpha value is -1.69. The normalized spacial score (nSPS) is 14.2. The zero-order valence-electron chi connectivity index (χ0n) is 11.2. The number of nitrogens with zero attached hydrogens (tertiary/aromatic N) is 2. The Morgan fingerprint density at radius 2 is 2.20 bits per heavy atom. The molecule has 0 atom stereocenters. The second kappa shape index (κ2) is 5.75. The minimum Gasteiger partial charge on any atom is -0.481 e. The number of carbonyl (C=O) groups is 1. The number of carboxylic acids is 1. The number of aliphatic carboxylic acids is 1. The first-order valence-corrected chi connectivity index (χ1v) is 7.78. The van der Waals surface area contributed by atoms with E-state index >= 15 is 0 Å². The highest BCUT2D eigenvalue weighted by Crippen LogP contribution is 2.37. The molecule has 0 bridgehead atoms. The van der Waals surface area contributed by atoms with Crippen LogP contribution in [-0.4, -0.2) is 27.6 Å². The van der Waals surface area contributed by atoms with E-state index in [1.54, 1.807) is 17.7 Å². The van der Waals surface area contributed by atoms with Crippen LogP contribution in [0.1, 0.15) is 36.1 Å². The SMILES string of the molecule is O=C(O)CCCNc1ncnc2sc3c(c12)CCCC3. The summed E-state index contributed by atoms with van der Waals surface area (Å²) in [5, 5.41) is 13.1. The van der Waals surface area contributed by atoms with Crippen LogP contribution in [0.15, 0.2) is 6.33 Å². The van der Waals surface area contributed by atoms with Gasteiger partial charge in [0, 0.05) is 17.8 Å².